The zero-order valence-electron chi connectivity index (χ0n) is 13.4. The Balaban J connectivity index is 1.55. The number of anilines is 1. The molecule has 1 amide bonds. The molecule has 1 N–H and O–H groups in total. The van der Waals surface area contributed by atoms with E-state index >= 15 is 0 Å². The summed E-state index contributed by atoms with van der Waals surface area (Å²) in [6, 6.07) is 19.5. The second kappa shape index (κ2) is 6.53. The molecule has 0 atom stereocenters. The number of amides is 1. The molecule has 120 valence electrons. The highest BCUT2D eigenvalue weighted by Gasteiger charge is 2.02. The van der Waals surface area contributed by atoms with Crippen molar-refractivity contribution in [3.63, 3.8) is 0 Å². The van der Waals surface area contributed by atoms with Gasteiger partial charge in [0, 0.05) is 28.6 Å². The molecule has 4 nitrogen and oxygen atoms in total. The van der Waals surface area contributed by atoms with Gasteiger partial charge in [0.25, 0.3) is 0 Å². The van der Waals surface area contributed by atoms with Crippen molar-refractivity contribution in [2.75, 3.05) is 5.32 Å². The van der Waals surface area contributed by atoms with E-state index in [0.29, 0.717) is 5.69 Å². The predicted molar refractivity (Wildman–Crippen MR) is 101 cm³/mol. The van der Waals surface area contributed by atoms with Gasteiger partial charge in [-0.25, -0.2) is 0 Å². The zero-order valence-corrected chi connectivity index (χ0v) is 13.4. The lowest BCUT2D eigenvalue weighted by atomic mass is 10.1. The van der Waals surface area contributed by atoms with Gasteiger partial charge < -0.3 is 5.32 Å². The Bertz CT molecular complexity index is 1100. The number of benzene rings is 2. The molecule has 0 aliphatic heterocycles. The molecular formula is C21H15N3O. The van der Waals surface area contributed by atoms with Crippen LogP contribution in [0.1, 0.15) is 5.56 Å². The second-order valence-corrected chi connectivity index (χ2v) is 5.66. The van der Waals surface area contributed by atoms with Gasteiger partial charge in [-0.05, 0) is 24.3 Å². The van der Waals surface area contributed by atoms with Crippen LogP contribution in [0, 0.1) is 0 Å². The number of nitrogens with zero attached hydrogens (tertiary/aromatic N) is 2. The first kappa shape index (κ1) is 15.0. The van der Waals surface area contributed by atoms with Gasteiger partial charge in [-0.3, -0.25) is 14.8 Å². The number of hydrogen-bond acceptors (Lipinski definition) is 3. The molecule has 2 heterocycles. The Labute approximate surface area is 144 Å². The van der Waals surface area contributed by atoms with Crippen molar-refractivity contribution in [2.24, 2.45) is 0 Å². The summed E-state index contributed by atoms with van der Waals surface area (Å²) in [4.78, 5) is 20.9. The Hall–Kier alpha value is -3.53. The smallest absolute Gasteiger partial charge is 0.248 e. The SMILES string of the molecule is O=C(/C=C/c1cccc2cccnc12)Nc1cnc2ccccc2c1. The maximum absolute atomic E-state index is 12.2. The molecule has 2 aromatic carbocycles. The normalized spacial score (nSPS) is 11.2. The minimum absolute atomic E-state index is 0.204. The highest BCUT2D eigenvalue weighted by atomic mass is 16.1. The topological polar surface area (TPSA) is 54.9 Å². The van der Waals surface area contributed by atoms with Crippen LogP contribution in [0.3, 0.4) is 0 Å². The number of nitrogens with one attached hydrogen (secondary N) is 1. The summed E-state index contributed by atoms with van der Waals surface area (Å²) in [5.74, 6) is -0.204. The molecule has 2 aromatic heterocycles. The van der Waals surface area contributed by atoms with Crippen LogP contribution < -0.4 is 5.32 Å². The molecule has 4 aromatic rings. The largest absolute Gasteiger partial charge is 0.321 e. The number of hydrogen-bond donors (Lipinski definition) is 1. The third kappa shape index (κ3) is 3.23. The van der Waals surface area contributed by atoms with Crippen LogP contribution in [0.2, 0.25) is 0 Å². The fourth-order valence-electron chi connectivity index (χ4n) is 2.75. The minimum atomic E-state index is -0.204. The van der Waals surface area contributed by atoms with E-state index in [-0.39, 0.29) is 5.91 Å². The molecule has 0 saturated heterocycles. The van der Waals surface area contributed by atoms with Gasteiger partial charge >= 0.3 is 0 Å². The Morgan fingerprint density at radius 1 is 0.920 bits per heavy atom. The molecule has 0 aliphatic rings. The van der Waals surface area contributed by atoms with E-state index < -0.39 is 0 Å². The lowest BCUT2D eigenvalue weighted by Gasteiger charge is -2.04. The minimum Gasteiger partial charge on any atom is -0.321 e. The van der Waals surface area contributed by atoms with Gasteiger partial charge in [-0.1, -0.05) is 42.5 Å². The van der Waals surface area contributed by atoms with Gasteiger partial charge in [0.05, 0.1) is 22.9 Å². The number of carbonyl (C=O) groups is 1. The molecule has 0 aliphatic carbocycles. The quantitative estimate of drug-likeness (QED) is 0.567. The van der Waals surface area contributed by atoms with Crippen molar-refractivity contribution in [3.05, 3.63) is 84.7 Å². The standard InChI is InChI=1S/C21H15N3O/c25-20(24-18-13-17-5-1-2-9-19(17)23-14-18)11-10-16-7-3-6-15-8-4-12-22-21(15)16/h1-14H,(H,24,25)/b11-10+. The average Bonchev–Trinajstić information content (AvgIpc) is 2.66. The van der Waals surface area contributed by atoms with Gasteiger partial charge in [0.15, 0.2) is 0 Å². The molecule has 0 saturated carbocycles. The summed E-state index contributed by atoms with van der Waals surface area (Å²) in [5, 5.41) is 4.88. The molecule has 25 heavy (non-hydrogen) atoms. The fourth-order valence-corrected chi connectivity index (χ4v) is 2.75. The van der Waals surface area contributed by atoms with E-state index in [2.05, 4.69) is 15.3 Å². The van der Waals surface area contributed by atoms with E-state index in [4.69, 9.17) is 0 Å². The first-order valence-electron chi connectivity index (χ1n) is 7.97. The second-order valence-electron chi connectivity index (χ2n) is 5.66. The summed E-state index contributed by atoms with van der Waals surface area (Å²) in [5.41, 5.74) is 3.36. The van der Waals surface area contributed by atoms with Crippen LogP contribution in [0.4, 0.5) is 5.69 Å². The number of rotatable bonds is 3. The average molecular weight is 325 g/mol. The summed E-state index contributed by atoms with van der Waals surface area (Å²) >= 11 is 0. The zero-order chi connectivity index (χ0) is 17.1. The number of para-hydroxylation sites is 2. The molecular weight excluding hydrogens is 310 g/mol. The van der Waals surface area contributed by atoms with E-state index in [0.717, 1.165) is 27.4 Å². The fraction of sp³-hybridized carbons (Fsp3) is 0. The Morgan fingerprint density at radius 2 is 1.76 bits per heavy atom. The number of fused-ring (bicyclic) bond motifs is 2. The molecule has 0 unspecified atom stereocenters. The monoisotopic (exact) mass is 325 g/mol. The molecule has 0 spiro atoms. The summed E-state index contributed by atoms with van der Waals surface area (Å²) < 4.78 is 0. The lowest BCUT2D eigenvalue weighted by Crippen LogP contribution is -2.07. The van der Waals surface area contributed by atoms with Crippen LogP contribution in [0.25, 0.3) is 27.9 Å². The van der Waals surface area contributed by atoms with Gasteiger partial charge in [-0.2, -0.15) is 0 Å². The maximum Gasteiger partial charge on any atom is 0.248 e. The number of carbonyl (C=O) groups excluding carboxylic acids is 1. The van der Waals surface area contributed by atoms with Crippen LogP contribution in [0.5, 0.6) is 0 Å². The maximum atomic E-state index is 12.2. The summed E-state index contributed by atoms with van der Waals surface area (Å²) in [6.07, 6.45) is 6.70. The van der Waals surface area contributed by atoms with E-state index in [1.807, 2.05) is 60.7 Å². The van der Waals surface area contributed by atoms with Crippen molar-refractivity contribution in [1.29, 1.82) is 0 Å². The molecule has 0 bridgehead atoms. The van der Waals surface area contributed by atoms with Crippen molar-refractivity contribution in [3.8, 4) is 0 Å². The third-order valence-corrected chi connectivity index (χ3v) is 3.94. The lowest BCUT2D eigenvalue weighted by molar-refractivity contribution is -0.111. The van der Waals surface area contributed by atoms with Crippen LogP contribution >= 0.6 is 0 Å². The van der Waals surface area contributed by atoms with Gasteiger partial charge in [-0.15, -0.1) is 0 Å². The molecule has 4 rings (SSSR count). The third-order valence-electron chi connectivity index (χ3n) is 3.94. The molecule has 4 heteroatoms. The Morgan fingerprint density at radius 3 is 2.72 bits per heavy atom. The van der Waals surface area contributed by atoms with Gasteiger partial charge in [0.2, 0.25) is 5.91 Å². The van der Waals surface area contributed by atoms with Crippen molar-refractivity contribution in [1.82, 2.24) is 9.97 Å². The van der Waals surface area contributed by atoms with Crippen LogP contribution in [0.15, 0.2) is 79.1 Å². The van der Waals surface area contributed by atoms with Crippen LogP contribution in [-0.2, 0) is 4.79 Å². The highest BCUT2D eigenvalue weighted by Crippen LogP contribution is 2.18. The molecule has 0 fully saturated rings. The van der Waals surface area contributed by atoms with Crippen molar-refractivity contribution < 1.29 is 4.79 Å². The van der Waals surface area contributed by atoms with Crippen LogP contribution in [-0.4, -0.2) is 15.9 Å². The summed E-state index contributed by atoms with van der Waals surface area (Å²) in [7, 11) is 0. The van der Waals surface area contributed by atoms with E-state index in [9.17, 15) is 4.79 Å². The number of aromatic nitrogens is 2. The highest BCUT2D eigenvalue weighted by molar-refractivity contribution is 6.03. The first-order chi connectivity index (χ1) is 12.3. The van der Waals surface area contributed by atoms with Crippen molar-refractivity contribution in [2.45, 2.75) is 0 Å². The number of pyridine rings is 2. The first-order valence-corrected chi connectivity index (χ1v) is 7.97. The van der Waals surface area contributed by atoms with E-state index in [1.165, 1.54) is 6.08 Å². The predicted octanol–water partition coefficient (Wildman–Crippen LogP) is 4.43. The Kier molecular flexibility index (Phi) is 3.92. The molecule has 0 radical (unpaired) electrons. The summed E-state index contributed by atoms with van der Waals surface area (Å²) in [6.45, 7) is 0. The van der Waals surface area contributed by atoms with Gasteiger partial charge in [0.1, 0.15) is 0 Å². The van der Waals surface area contributed by atoms with Crippen molar-refractivity contribution >= 4 is 39.5 Å². The van der Waals surface area contributed by atoms with E-state index in [1.54, 1.807) is 18.5 Å².